The van der Waals surface area contributed by atoms with Crippen LogP contribution in [0.3, 0.4) is 0 Å². The molecule has 0 rings (SSSR count). The van der Waals surface area contributed by atoms with E-state index in [0.29, 0.717) is 12.5 Å². The number of rotatable bonds is 7. The molecule has 19 heavy (non-hydrogen) atoms. The van der Waals surface area contributed by atoms with Crippen LogP contribution in [0.5, 0.6) is 0 Å². The van der Waals surface area contributed by atoms with Crippen molar-refractivity contribution in [2.24, 2.45) is 17.3 Å². The van der Waals surface area contributed by atoms with Crippen LogP contribution in [0.4, 0.5) is 0 Å². The first kappa shape index (κ1) is 18.4. The topological polar surface area (TPSA) is 35.5 Å². The molecule has 3 heteroatoms. The zero-order chi connectivity index (χ0) is 15.3. The van der Waals surface area contributed by atoms with Gasteiger partial charge in [-0.05, 0) is 45.4 Å². The Morgan fingerprint density at radius 2 is 1.63 bits per heavy atom. The van der Waals surface area contributed by atoms with E-state index in [9.17, 15) is 4.79 Å². The summed E-state index contributed by atoms with van der Waals surface area (Å²) in [4.78, 5) is 12.6. The molecule has 0 aliphatic rings. The smallest absolute Gasteiger partial charge is 0.315 e. The number of carbonyl (C=O) groups is 1. The van der Waals surface area contributed by atoms with Crippen LogP contribution in [-0.4, -0.2) is 25.3 Å². The fourth-order valence-electron chi connectivity index (χ4n) is 2.11. The van der Waals surface area contributed by atoms with Crippen molar-refractivity contribution in [2.45, 2.75) is 66.9 Å². The molecule has 0 heterocycles. The molecule has 0 saturated heterocycles. The molecule has 0 spiro atoms. The average Bonchev–Trinajstić information content (AvgIpc) is 2.20. The molecule has 0 radical (unpaired) electrons. The lowest BCUT2D eigenvalue weighted by Crippen LogP contribution is -2.45. The number of esters is 1. The molecule has 0 aliphatic heterocycles. The zero-order valence-corrected chi connectivity index (χ0v) is 14.0. The summed E-state index contributed by atoms with van der Waals surface area (Å²) < 4.78 is 11.0. The first-order valence-corrected chi connectivity index (χ1v) is 7.27. The molecule has 1 atom stereocenters. The molecule has 0 N–H and O–H groups in total. The molecule has 0 bridgehead atoms. The Kier molecular flexibility index (Phi) is 7.06. The molecular formula is C16H32O3. The first-order chi connectivity index (χ1) is 8.55. The van der Waals surface area contributed by atoms with E-state index in [2.05, 4.69) is 27.7 Å². The molecule has 0 aromatic rings. The maximum Gasteiger partial charge on any atom is 0.315 e. The van der Waals surface area contributed by atoms with Gasteiger partial charge in [0.05, 0.1) is 12.0 Å². The van der Waals surface area contributed by atoms with E-state index in [-0.39, 0.29) is 11.9 Å². The van der Waals surface area contributed by atoms with Gasteiger partial charge in [-0.1, -0.05) is 27.7 Å². The number of hydrogen-bond donors (Lipinski definition) is 0. The van der Waals surface area contributed by atoms with Crippen molar-refractivity contribution >= 4 is 5.97 Å². The van der Waals surface area contributed by atoms with E-state index in [4.69, 9.17) is 9.47 Å². The van der Waals surface area contributed by atoms with Crippen LogP contribution in [0.2, 0.25) is 0 Å². The summed E-state index contributed by atoms with van der Waals surface area (Å²) in [6.45, 7) is 14.6. The van der Waals surface area contributed by atoms with E-state index >= 15 is 0 Å². The molecule has 114 valence electrons. The van der Waals surface area contributed by atoms with Crippen molar-refractivity contribution in [1.82, 2.24) is 0 Å². The SMILES string of the molecule is COCC(CCC(C)C)(C(=O)OC(C)(C)C)C(C)C. The van der Waals surface area contributed by atoms with E-state index in [1.54, 1.807) is 7.11 Å². The lowest BCUT2D eigenvalue weighted by atomic mass is 9.73. The molecule has 0 saturated carbocycles. The summed E-state index contributed by atoms with van der Waals surface area (Å²) in [6.07, 6.45) is 1.81. The predicted octanol–water partition coefficient (Wildman–Crippen LogP) is 4.05. The van der Waals surface area contributed by atoms with Crippen molar-refractivity contribution in [3.05, 3.63) is 0 Å². The van der Waals surface area contributed by atoms with Crippen LogP contribution in [-0.2, 0) is 14.3 Å². The fraction of sp³-hybridized carbons (Fsp3) is 0.938. The Morgan fingerprint density at radius 3 is 1.95 bits per heavy atom. The molecule has 0 aromatic heterocycles. The van der Waals surface area contributed by atoms with Crippen molar-refractivity contribution < 1.29 is 14.3 Å². The highest BCUT2D eigenvalue weighted by Crippen LogP contribution is 2.37. The van der Waals surface area contributed by atoms with Gasteiger partial charge in [-0.3, -0.25) is 4.79 Å². The van der Waals surface area contributed by atoms with E-state index in [1.807, 2.05) is 20.8 Å². The van der Waals surface area contributed by atoms with Gasteiger partial charge in [-0.2, -0.15) is 0 Å². The average molecular weight is 272 g/mol. The largest absolute Gasteiger partial charge is 0.459 e. The molecule has 0 aromatic carbocycles. The van der Waals surface area contributed by atoms with Gasteiger partial charge in [0.25, 0.3) is 0 Å². The predicted molar refractivity (Wildman–Crippen MR) is 79.1 cm³/mol. The lowest BCUT2D eigenvalue weighted by molar-refractivity contribution is -0.176. The van der Waals surface area contributed by atoms with Crippen LogP contribution in [0.15, 0.2) is 0 Å². The summed E-state index contributed by atoms with van der Waals surface area (Å²) >= 11 is 0. The lowest BCUT2D eigenvalue weighted by Gasteiger charge is -2.37. The Morgan fingerprint density at radius 1 is 1.11 bits per heavy atom. The third kappa shape index (κ3) is 5.94. The second kappa shape index (κ2) is 7.28. The van der Waals surface area contributed by atoms with Crippen LogP contribution < -0.4 is 0 Å². The van der Waals surface area contributed by atoms with Gasteiger partial charge < -0.3 is 9.47 Å². The number of methoxy groups -OCH3 is 1. The van der Waals surface area contributed by atoms with E-state index in [1.165, 1.54) is 0 Å². The minimum atomic E-state index is -0.535. The van der Waals surface area contributed by atoms with Gasteiger partial charge in [-0.25, -0.2) is 0 Å². The summed E-state index contributed by atoms with van der Waals surface area (Å²) in [5, 5.41) is 0. The summed E-state index contributed by atoms with van der Waals surface area (Å²) in [5.41, 5.74) is -0.991. The summed E-state index contributed by atoms with van der Waals surface area (Å²) in [7, 11) is 1.65. The van der Waals surface area contributed by atoms with Crippen LogP contribution in [0.1, 0.15) is 61.3 Å². The Labute approximate surface area is 119 Å². The standard InChI is InChI=1S/C16H32O3/c1-12(2)9-10-16(11-18-8,13(3)4)14(17)19-15(5,6)7/h12-13H,9-11H2,1-8H3. The minimum absolute atomic E-state index is 0.127. The van der Waals surface area contributed by atoms with Crippen molar-refractivity contribution in [3.63, 3.8) is 0 Å². The van der Waals surface area contributed by atoms with Crippen LogP contribution in [0, 0.1) is 17.3 Å². The van der Waals surface area contributed by atoms with Crippen molar-refractivity contribution in [3.8, 4) is 0 Å². The highest BCUT2D eigenvalue weighted by molar-refractivity contribution is 5.77. The third-order valence-electron chi connectivity index (χ3n) is 3.48. The van der Waals surface area contributed by atoms with Gasteiger partial charge in [0.15, 0.2) is 0 Å². The van der Waals surface area contributed by atoms with Crippen LogP contribution in [0.25, 0.3) is 0 Å². The fourth-order valence-corrected chi connectivity index (χ4v) is 2.11. The van der Waals surface area contributed by atoms with Crippen molar-refractivity contribution in [2.75, 3.05) is 13.7 Å². The summed E-state index contributed by atoms with van der Waals surface area (Å²) in [5.74, 6) is 0.635. The maximum absolute atomic E-state index is 12.6. The highest BCUT2D eigenvalue weighted by atomic mass is 16.6. The van der Waals surface area contributed by atoms with E-state index in [0.717, 1.165) is 12.8 Å². The van der Waals surface area contributed by atoms with Gasteiger partial charge in [0.1, 0.15) is 5.60 Å². The molecule has 3 nitrogen and oxygen atoms in total. The second-order valence-electron chi connectivity index (χ2n) is 7.18. The molecule has 1 unspecified atom stereocenters. The first-order valence-electron chi connectivity index (χ1n) is 7.27. The zero-order valence-electron chi connectivity index (χ0n) is 14.0. The van der Waals surface area contributed by atoms with Gasteiger partial charge in [0.2, 0.25) is 0 Å². The second-order valence-corrected chi connectivity index (χ2v) is 7.18. The monoisotopic (exact) mass is 272 g/mol. The maximum atomic E-state index is 12.6. The quantitative estimate of drug-likeness (QED) is 0.656. The minimum Gasteiger partial charge on any atom is -0.459 e. The van der Waals surface area contributed by atoms with E-state index < -0.39 is 11.0 Å². The van der Waals surface area contributed by atoms with Crippen molar-refractivity contribution in [1.29, 1.82) is 0 Å². The highest BCUT2D eigenvalue weighted by Gasteiger charge is 2.44. The Balaban J connectivity index is 5.15. The molecule has 0 aliphatic carbocycles. The number of hydrogen-bond acceptors (Lipinski definition) is 3. The van der Waals surface area contributed by atoms with Gasteiger partial charge in [0, 0.05) is 7.11 Å². The molecule has 0 fully saturated rings. The van der Waals surface area contributed by atoms with Crippen LogP contribution >= 0.6 is 0 Å². The van der Waals surface area contributed by atoms with Gasteiger partial charge in [-0.15, -0.1) is 0 Å². The Hall–Kier alpha value is -0.570. The third-order valence-corrected chi connectivity index (χ3v) is 3.48. The molecular weight excluding hydrogens is 240 g/mol. The number of ether oxygens (including phenoxy) is 2. The normalized spacial score (nSPS) is 15.7. The molecule has 0 amide bonds. The van der Waals surface area contributed by atoms with Gasteiger partial charge >= 0.3 is 5.97 Å². The number of carbonyl (C=O) groups excluding carboxylic acids is 1. The summed E-state index contributed by atoms with van der Waals surface area (Å²) in [6, 6.07) is 0. The Bertz CT molecular complexity index is 276.